The van der Waals surface area contributed by atoms with E-state index in [9.17, 15) is 4.79 Å². The number of carbonyl (C=O) groups excluding carboxylic acids is 1. The molecule has 2 N–H and O–H groups in total. The number of hydrogen-bond acceptors (Lipinski definition) is 4. The van der Waals surface area contributed by atoms with Crippen molar-refractivity contribution in [1.82, 2.24) is 10.6 Å². The first-order valence-electron chi connectivity index (χ1n) is 7.57. The average Bonchev–Trinajstić information content (AvgIpc) is 2.55. The van der Waals surface area contributed by atoms with Gasteiger partial charge in [-0.25, -0.2) is 0 Å². The SMILES string of the molecule is COc1cccc(OCCCNC(=O)C2CCCCN2)c1.Cl. The molecule has 2 rings (SSSR count). The lowest BCUT2D eigenvalue weighted by molar-refractivity contribution is -0.123. The number of amides is 1. The Balaban J connectivity index is 0.00000242. The van der Waals surface area contributed by atoms with Gasteiger partial charge < -0.3 is 20.1 Å². The molecular formula is C16H25ClN2O3. The number of benzene rings is 1. The van der Waals surface area contributed by atoms with E-state index >= 15 is 0 Å². The number of carbonyl (C=O) groups is 1. The fraction of sp³-hybridized carbons (Fsp3) is 0.562. The van der Waals surface area contributed by atoms with Crippen molar-refractivity contribution in [3.8, 4) is 11.5 Å². The number of nitrogens with one attached hydrogen (secondary N) is 2. The fourth-order valence-electron chi connectivity index (χ4n) is 2.36. The van der Waals surface area contributed by atoms with Crippen molar-refractivity contribution in [2.75, 3.05) is 26.8 Å². The smallest absolute Gasteiger partial charge is 0.237 e. The monoisotopic (exact) mass is 328 g/mol. The molecule has 1 saturated heterocycles. The molecule has 1 unspecified atom stereocenters. The van der Waals surface area contributed by atoms with E-state index in [0.717, 1.165) is 43.7 Å². The molecule has 124 valence electrons. The standard InChI is InChI=1S/C16H24N2O3.ClH/c1-20-13-6-4-7-14(12-13)21-11-5-10-18-16(19)15-8-2-3-9-17-15;/h4,6-7,12,15,17H,2-3,5,8-11H2,1H3,(H,18,19);1H. The highest BCUT2D eigenvalue weighted by Gasteiger charge is 2.19. The Morgan fingerprint density at radius 2 is 2.18 bits per heavy atom. The Hall–Kier alpha value is -1.46. The second-order valence-electron chi connectivity index (χ2n) is 5.17. The summed E-state index contributed by atoms with van der Waals surface area (Å²) in [5, 5.41) is 6.20. The first-order valence-corrected chi connectivity index (χ1v) is 7.57. The summed E-state index contributed by atoms with van der Waals surface area (Å²) in [7, 11) is 1.63. The largest absolute Gasteiger partial charge is 0.497 e. The van der Waals surface area contributed by atoms with E-state index in [-0.39, 0.29) is 24.4 Å². The van der Waals surface area contributed by atoms with Crippen molar-refractivity contribution in [2.45, 2.75) is 31.7 Å². The molecule has 1 atom stereocenters. The predicted octanol–water partition coefficient (Wildman–Crippen LogP) is 2.14. The summed E-state index contributed by atoms with van der Waals surface area (Å²) >= 11 is 0. The summed E-state index contributed by atoms with van der Waals surface area (Å²) in [6.07, 6.45) is 4.02. The van der Waals surface area contributed by atoms with Crippen LogP contribution in [0.5, 0.6) is 11.5 Å². The Morgan fingerprint density at radius 1 is 1.36 bits per heavy atom. The second kappa shape index (κ2) is 10.3. The van der Waals surface area contributed by atoms with Crippen molar-refractivity contribution in [3.05, 3.63) is 24.3 Å². The van der Waals surface area contributed by atoms with E-state index < -0.39 is 0 Å². The zero-order valence-electron chi connectivity index (χ0n) is 13.0. The fourth-order valence-corrected chi connectivity index (χ4v) is 2.36. The zero-order valence-corrected chi connectivity index (χ0v) is 13.8. The highest BCUT2D eigenvalue weighted by Crippen LogP contribution is 2.18. The molecule has 6 heteroatoms. The molecule has 1 aromatic rings. The Morgan fingerprint density at radius 3 is 2.91 bits per heavy atom. The number of ether oxygens (including phenoxy) is 2. The topological polar surface area (TPSA) is 59.6 Å². The number of piperidine rings is 1. The summed E-state index contributed by atoms with van der Waals surface area (Å²) in [6, 6.07) is 7.50. The lowest BCUT2D eigenvalue weighted by Gasteiger charge is -2.22. The second-order valence-corrected chi connectivity index (χ2v) is 5.17. The van der Waals surface area contributed by atoms with Gasteiger partial charge in [0.1, 0.15) is 11.5 Å². The van der Waals surface area contributed by atoms with Gasteiger partial charge in [0.05, 0.1) is 19.8 Å². The van der Waals surface area contributed by atoms with Crippen LogP contribution in [0.4, 0.5) is 0 Å². The highest BCUT2D eigenvalue weighted by atomic mass is 35.5. The van der Waals surface area contributed by atoms with Gasteiger partial charge in [-0.3, -0.25) is 4.79 Å². The van der Waals surface area contributed by atoms with E-state index in [4.69, 9.17) is 9.47 Å². The van der Waals surface area contributed by atoms with Crippen LogP contribution in [0.25, 0.3) is 0 Å². The van der Waals surface area contributed by atoms with Crippen LogP contribution in [0.2, 0.25) is 0 Å². The minimum Gasteiger partial charge on any atom is -0.497 e. The molecule has 0 saturated carbocycles. The lowest BCUT2D eigenvalue weighted by Crippen LogP contribution is -2.46. The predicted molar refractivity (Wildman–Crippen MR) is 89.0 cm³/mol. The van der Waals surface area contributed by atoms with Crippen LogP contribution >= 0.6 is 12.4 Å². The summed E-state index contributed by atoms with van der Waals surface area (Å²) in [5.74, 6) is 1.68. The van der Waals surface area contributed by atoms with Crippen molar-refractivity contribution in [2.24, 2.45) is 0 Å². The number of rotatable bonds is 7. The molecule has 0 bridgehead atoms. The third-order valence-electron chi connectivity index (χ3n) is 3.56. The van der Waals surface area contributed by atoms with Crippen LogP contribution in [0.15, 0.2) is 24.3 Å². The number of hydrogen-bond donors (Lipinski definition) is 2. The quantitative estimate of drug-likeness (QED) is 0.753. The Labute approximate surface area is 138 Å². The maximum Gasteiger partial charge on any atom is 0.237 e. The van der Waals surface area contributed by atoms with Crippen molar-refractivity contribution in [1.29, 1.82) is 0 Å². The van der Waals surface area contributed by atoms with Gasteiger partial charge in [0.15, 0.2) is 0 Å². The molecule has 0 spiro atoms. The van der Waals surface area contributed by atoms with Crippen LogP contribution in [0.1, 0.15) is 25.7 Å². The summed E-state index contributed by atoms with van der Waals surface area (Å²) in [4.78, 5) is 11.9. The first kappa shape index (κ1) is 18.6. The third-order valence-corrected chi connectivity index (χ3v) is 3.56. The van der Waals surface area contributed by atoms with Crippen LogP contribution < -0.4 is 20.1 Å². The Bertz CT molecular complexity index is 451. The molecule has 1 heterocycles. The molecule has 1 amide bonds. The number of methoxy groups -OCH3 is 1. The summed E-state index contributed by atoms with van der Waals surface area (Å²) in [6.45, 7) is 2.16. The maximum absolute atomic E-state index is 11.9. The van der Waals surface area contributed by atoms with Crippen LogP contribution in [0.3, 0.4) is 0 Å². The Kier molecular flexibility index (Phi) is 8.70. The van der Waals surface area contributed by atoms with Gasteiger partial charge in [0, 0.05) is 12.6 Å². The normalized spacial score (nSPS) is 17.2. The van der Waals surface area contributed by atoms with E-state index in [1.807, 2.05) is 24.3 Å². The third kappa shape index (κ3) is 6.12. The van der Waals surface area contributed by atoms with Crippen molar-refractivity contribution >= 4 is 18.3 Å². The molecule has 22 heavy (non-hydrogen) atoms. The maximum atomic E-state index is 11.9. The summed E-state index contributed by atoms with van der Waals surface area (Å²) in [5.41, 5.74) is 0. The van der Waals surface area contributed by atoms with Crippen molar-refractivity contribution < 1.29 is 14.3 Å². The molecule has 0 radical (unpaired) electrons. The van der Waals surface area contributed by atoms with Crippen LogP contribution in [-0.2, 0) is 4.79 Å². The molecule has 0 aliphatic carbocycles. The number of halogens is 1. The molecule has 5 nitrogen and oxygen atoms in total. The van der Waals surface area contributed by atoms with Gasteiger partial charge in [-0.1, -0.05) is 12.5 Å². The first-order chi connectivity index (χ1) is 10.3. The summed E-state index contributed by atoms with van der Waals surface area (Å²) < 4.78 is 10.8. The van der Waals surface area contributed by atoms with Gasteiger partial charge in [0.2, 0.25) is 5.91 Å². The van der Waals surface area contributed by atoms with E-state index in [0.29, 0.717) is 13.2 Å². The van der Waals surface area contributed by atoms with Crippen molar-refractivity contribution in [3.63, 3.8) is 0 Å². The van der Waals surface area contributed by atoms with E-state index in [1.165, 1.54) is 0 Å². The average molecular weight is 329 g/mol. The highest BCUT2D eigenvalue weighted by molar-refractivity contribution is 5.85. The van der Waals surface area contributed by atoms with Gasteiger partial charge in [-0.15, -0.1) is 12.4 Å². The van der Waals surface area contributed by atoms with Gasteiger partial charge in [-0.2, -0.15) is 0 Å². The lowest BCUT2D eigenvalue weighted by atomic mass is 10.0. The van der Waals surface area contributed by atoms with Gasteiger partial charge in [0.25, 0.3) is 0 Å². The zero-order chi connectivity index (χ0) is 14.9. The van der Waals surface area contributed by atoms with E-state index in [1.54, 1.807) is 7.11 Å². The van der Waals surface area contributed by atoms with Crippen LogP contribution in [0, 0.1) is 0 Å². The molecular weight excluding hydrogens is 304 g/mol. The molecule has 1 aliphatic heterocycles. The van der Waals surface area contributed by atoms with Gasteiger partial charge >= 0.3 is 0 Å². The molecule has 0 aromatic heterocycles. The minimum atomic E-state index is -0.0157. The molecule has 1 fully saturated rings. The van der Waals surface area contributed by atoms with Gasteiger partial charge in [-0.05, 0) is 37.9 Å². The minimum absolute atomic E-state index is 0. The molecule has 1 aromatic carbocycles. The van der Waals surface area contributed by atoms with E-state index in [2.05, 4.69) is 10.6 Å². The molecule has 1 aliphatic rings. The van der Waals surface area contributed by atoms with Crippen LogP contribution in [-0.4, -0.2) is 38.8 Å².